The van der Waals surface area contributed by atoms with Gasteiger partial charge in [-0.25, -0.2) is 9.97 Å². The Balaban J connectivity index is 1.70. The number of amides is 1. The highest BCUT2D eigenvalue weighted by Gasteiger charge is 2.30. The first-order valence-corrected chi connectivity index (χ1v) is 10.8. The van der Waals surface area contributed by atoms with E-state index in [1.165, 1.54) is 6.42 Å². The summed E-state index contributed by atoms with van der Waals surface area (Å²) in [6.45, 7) is 3.19. The number of carbonyl (C=O) groups is 1. The molecule has 1 fully saturated rings. The van der Waals surface area contributed by atoms with Crippen molar-refractivity contribution in [2.24, 2.45) is 0 Å². The lowest BCUT2D eigenvalue weighted by molar-refractivity contribution is 0.0603. The van der Waals surface area contributed by atoms with Crippen molar-refractivity contribution in [2.45, 2.75) is 45.3 Å². The number of hydrogen-bond donors (Lipinski definition) is 0. The Bertz CT molecular complexity index is 969. The average molecular weight is 412 g/mol. The summed E-state index contributed by atoms with van der Waals surface area (Å²) in [6.07, 6.45) is 7.58. The quantitative estimate of drug-likeness (QED) is 0.614. The molecule has 1 amide bonds. The maximum atomic E-state index is 13.3. The molecule has 152 valence electrons. The summed E-state index contributed by atoms with van der Waals surface area (Å²) in [5.74, 6) is 0.456. The van der Waals surface area contributed by atoms with Gasteiger partial charge < -0.3 is 9.64 Å². The molecule has 0 unspecified atom stereocenters. The van der Waals surface area contributed by atoms with Gasteiger partial charge in [-0.05, 0) is 43.2 Å². The number of piperidine rings is 1. The van der Waals surface area contributed by atoms with E-state index in [2.05, 4.69) is 22.0 Å². The van der Waals surface area contributed by atoms with Crippen LogP contribution in [0.4, 0.5) is 0 Å². The normalized spacial score (nSPS) is 16.9. The van der Waals surface area contributed by atoms with Gasteiger partial charge in [0.2, 0.25) is 0 Å². The third-order valence-corrected chi connectivity index (χ3v) is 6.24. The topological polar surface area (TPSA) is 73.1 Å². The van der Waals surface area contributed by atoms with Crippen LogP contribution in [0.15, 0.2) is 36.0 Å². The zero-order chi connectivity index (χ0) is 20.2. The lowest BCUT2D eigenvalue weighted by Crippen LogP contribution is -2.43. The summed E-state index contributed by atoms with van der Waals surface area (Å²) < 4.78 is 7.02. The van der Waals surface area contributed by atoms with Crippen LogP contribution in [0.3, 0.4) is 0 Å². The summed E-state index contributed by atoms with van der Waals surface area (Å²) in [7, 11) is 1.62. The van der Waals surface area contributed by atoms with Gasteiger partial charge in [-0.15, -0.1) is 11.3 Å². The fourth-order valence-corrected chi connectivity index (χ4v) is 4.55. The van der Waals surface area contributed by atoms with E-state index in [9.17, 15) is 4.79 Å². The van der Waals surface area contributed by atoms with Gasteiger partial charge in [-0.2, -0.15) is 9.78 Å². The second kappa shape index (κ2) is 8.84. The Labute approximate surface area is 174 Å². The second-order valence-corrected chi connectivity index (χ2v) is 8.07. The van der Waals surface area contributed by atoms with E-state index in [4.69, 9.17) is 4.74 Å². The van der Waals surface area contributed by atoms with Gasteiger partial charge in [0, 0.05) is 25.9 Å². The van der Waals surface area contributed by atoms with E-state index in [0.717, 1.165) is 36.4 Å². The van der Waals surface area contributed by atoms with Gasteiger partial charge in [-0.1, -0.05) is 13.0 Å². The van der Waals surface area contributed by atoms with E-state index in [1.54, 1.807) is 35.5 Å². The molecule has 3 aromatic rings. The molecule has 4 heterocycles. The van der Waals surface area contributed by atoms with E-state index in [0.29, 0.717) is 17.2 Å². The molecule has 0 bridgehead atoms. The molecule has 1 saturated heterocycles. The smallest absolute Gasteiger partial charge is 0.257 e. The molecule has 0 aromatic carbocycles. The van der Waals surface area contributed by atoms with Gasteiger partial charge in [0.25, 0.3) is 11.9 Å². The minimum Gasteiger partial charge on any atom is -0.378 e. The SMILES string of the molecule is CC[C@H]1CCCCN1C(=O)c1cnn(-c2nccc(-c3cccs3)n2)c1COC. The number of rotatable bonds is 6. The molecule has 0 spiro atoms. The van der Waals surface area contributed by atoms with Crippen molar-refractivity contribution in [3.8, 4) is 16.5 Å². The zero-order valence-corrected chi connectivity index (χ0v) is 17.6. The Morgan fingerprint density at radius 1 is 1.34 bits per heavy atom. The van der Waals surface area contributed by atoms with Gasteiger partial charge in [0.1, 0.15) is 0 Å². The molecule has 1 atom stereocenters. The van der Waals surface area contributed by atoms with Gasteiger partial charge in [0.15, 0.2) is 0 Å². The van der Waals surface area contributed by atoms with Crippen LogP contribution in [0.25, 0.3) is 16.5 Å². The van der Waals surface area contributed by atoms with Crippen LogP contribution in [0.5, 0.6) is 0 Å². The van der Waals surface area contributed by atoms with E-state index >= 15 is 0 Å². The van der Waals surface area contributed by atoms with Crippen molar-refractivity contribution in [1.82, 2.24) is 24.6 Å². The van der Waals surface area contributed by atoms with Crippen molar-refractivity contribution < 1.29 is 9.53 Å². The van der Waals surface area contributed by atoms with Crippen LogP contribution in [0.1, 0.15) is 48.7 Å². The Hall–Kier alpha value is -2.58. The van der Waals surface area contributed by atoms with Gasteiger partial charge in [-0.3, -0.25) is 4.79 Å². The zero-order valence-electron chi connectivity index (χ0n) is 16.7. The fraction of sp³-hybridized carbons (Fsp3) is 0.429. The van der Waals surface area contributed by atoms with Crippen LogP contribution in [-0.4, -0.2) is 50.3 Å². The van der Waals surface area contributed by atoms with Crippen molar-refractivity contribution >= 4 is 17.2 Å². The first-order chi connectivity index (χ1) is 14.2. The molecule has 29 heavy (non-hydrogen) atoms. The van der Waals surface area contributed by atoms with E-state index in [1.807, 2.05) is 28.5 Å². The molecule has 1 aliphatic heterocycles. The summed E-state index contributed by atoms with van der Waals surface area (Å²) in [4.78, 5) is 25.4. The first kappa shape index (κ1) is 19.7. The summed E-state index contributed by atoms with van der Waals surface area (Å²) >= 11 is 1.62. The van der Waals surface area contributed by atoms with E-state index < -0.39 is 0 Å². The predicted octanol–water partition coefficient (Wildman–Crippen LogP) is 3.94. The molecule has 0 aliphatic carbocycles. The monoisotopic (exact) mass is 411 g/mol. The van der Waals surface area contributed by atoms with Crippen LogP contribution in [0, 0.1) is 0 Å². The maximum absolute atomic E-state index is 13.3. The molecule has 3 aromatic heterocycles. The number of methoxy groups -OCH3 is 1. The summed E-state index contributed by atoms with van der Waals surface area (Å²) in [5.41, 5.74) is 2.08. The molecule has 8 heteroatoms. The average Bonchev–Trinajstić information content (AvgIpc) is 3.44. The Morgan fingerprint density at radius 3 is 3.00 bits per heavy atom. The lowest BCUT2D eigenvalue weighted by Gasteiger charge is -2.35. The highest BCUT2D eigenvalue weighted by molar-refractivity contribution is 7.13. The number of ether oxygens (including phenoxy) is 1. The molecule has 7 nitrogen and oxygen atoms in total. The predicted molar refractivity (Wildman–Crippen MR) is 112 cm³/mol. The number of nitrogens with zero attached hydrogens (tertiary/aromatic N) is 5. The molecule has 4 rings (SSSR count). The first-order valence-electron chi connectivity index (χ1n) is 9.97. The Kier molecular flexibility index (Phi) is 6.01. The number of likely N-dealkylation sites (tertiary alicyclic amines) is 1. The molecule has 0 radical (unpaired) electrons. The number of carbonyl (C=O) groups excluding carboxylic acids is 1. The lowest BCUT2D eigenvalue weighted by atomic mass is 9.99. The molecular weight excluding hydrogens is 386 g/mol. The standard InChI is InChI=1S/C21H25N5O2S/c1-3-15-7-4-5-11-25(15)20(27)16-13-23-26(18(16)14-28-2)21-22-10-9-17(24-21)19-8-6-12-29-19/h6,8-10,12-13,15H,3-5,7,11,14H2,1-2H3/t15-/m0/s1. The van der Waals surface area contributed by atoms with Crippen LogP contribution < -0.4 is 0 Å². The number of thiophene rings is 1. The molecule has 0 saturated carbocycles. The molecule has 1 aliphatic rings. The second-order valence-electron chi connectivity index (χ2n) is 7.13. The van der Waals surface area contributed by atoms with Crippen molar-refractivity contribution in [1.29, 1.82) is 0 Å². The summed E-state index contributed by atoms with van der Waals surface area (Å²) in [5, 5.41) is 6.48. The minimum atomic E-state index is 0.0178. The van der Waals surface area contributed by atoms with Gasteiger partial charge >= 0.3 is 0 Å². The summed E-state index contributed by atoms with van der Waals surface area (Å²) in [6, 6.07) is 6.17. The fourth-order valence-electron chi connectivity index (χ4n) is 3.86. The highest BCUT2D eigenvalue weighted by atomic mass is 32.1. The van der Waals surface area contributed by atoms with E-state index in [-0.39, 0.29) is 18.6 Å². The largest absolute Gasteiger partial charge is 0.378 e. The minimum absolute atomic E-state index is 0.0178. The highest BCUT2D eigenvalue weighted by Crippen LogP contribution is 2.25. The van der Waals surface area contributed by atoms with Crippen LogP contribution >= 0.6 is 11.3 Å². The van der Waals surface area contributed by atoms with Gasteiger partial charge in [0.05, 0.1) is 34.6 Å². The maximum Gasteiger partial charge on any atom is 0.257 e. The van der Waals surface area contributed by atoms with Crippen molar-refractivity contribution in [3.63, 3.8) is 0 Å². The van der Waals surface area contributed by atoms with Crippen molar-refractivity contribution in [3.05, 3.63) is 47.2 Å². The molecular formula is C21H25N5O2S. The van der Waals surface area contributed by atoms with Crippen molar-refractivity contribution in [2.75, 3.05) is 13.7 Å². The Morgan fingerprint density at radius 2 is 2.24 bits per heavy atom. The molecule has 0 N–H and O–H groups in total. The van der Waals surface area contributed by atoms with Crippen LogP contribution in [-0.2, 0) is 11.3 Å². The third kappa shape index (κ3) is 3.95. The van der Waals surface area contributed by atoms with Crippen LogP contribution in [0.2, 0.25) is 0 Å². The third-order valence-electron chi connectivity index (χ3n) is 5.35. The number of aromatic nitrogens is 4. The number of hydrogen-bond acceptors (Lipinski definition) is 6.